The van der Waals surface area contributed by atoms with Crippen molar-refractivity contribution in [2.45, 2.75) is 18.5 Å². The van der Waals surface area contributed by atoms with E-state index in [1.54, 1.807) is 24.4 Å². The van der Waals surface area contributed by atoms with Crippen LogP contribution in [-0.4, -0.2) is 49.3 Å². The molecule has 0 fully saturated rings. The van der Waals surface area contributed by atoms with Crippen molar-refractivity contribution in [1.29, 1.82) is 0 Å². The van der Waals surface area contributed by atoms with Crippen LogP contribution in [0.1, 0.15) is 11.6 Å². The third-order valence-electron chi connectivity index (χ3n) is 5.34. The molecule has 0 radical (unpaired) electrons. The highest BCUT2D eigenvalue weighted by atomic mass is 16.4. The summed E-state index contributed by atoms with van der Waals surface area (Å²) in [7, 11) is 0. The van der Waals surface area contributed by atoms with Crippen LogP contribution in [0.15, 0.2) is 64.3 Å². The second kappa shape index (κ2) is 8.52. The fourth-order valence-corrected chi connectivity index (χ4v) is 3.72. The Morgan fingerprint density at radius 3 is 2.34 bits per heavy atom. The Morgan fingerprint density at radius 2 is 1.66 bits per heavy atom. The van der Waals surface area contributed by atoms with E-state index in [1.807, 2.05) is 24.3 Å². The monoisotopic (exact) mass is 436 g/mol. The maximum absolute atomic E-state index is 13.2. The Bertz CT molecular complexity index is 1430. The summed E-state index contributed by atoms with van der Waals surface area (Å²) < 4.78 is 0.787. The van der Waals surface area contributed by atoms with E-state index < -0.39 is 41.8 Å². The van der Waals surface area contributed by atoms with Crippen LogP contribution < -0.4 is 16.6 Å². The van der Waals surface area contributed by atoms with Crippen molar-refractivity contribution in [3.63, 3.8) is 0 Å². The second-order valence-corrected chi connectivity index (χ2v) is 7.31. The maximum atomic E-state index is 13.2. The summed E-state index contributed by atoms with van der Waals surface area (Å²) in [4.78, 5) is 56.1. The molecule has 0 aliphatic heterocycles. The minimum Gasteiger partial charge on any atom is -0.480 e. The predicted octanol–water partition coefficient (Wildman–Crippen LogP) is 0.517. The number of carbonyl (C=O) groups is 2. The van der Waals surface area contributed by atoms with Gasteiger partial charge < -0.3 is 25.5 Å². The van der Waals surface area contributed by atoms with Gasteiger partial charge in [-0.05, 0) is 23.8 Å². The number of para-hydroxylation sites is 2. The first kappa shape index (κ1) is 21.1. The molecule has 2 atom stereocenters. The second-order valence-electron chi connectivity index (χ2n) is 7.31. The number of carboxylic acid groups (broad SMARTS) is 1. The molecule has 5 N–H and O–H groups in total. The lowest BCUT2D eigenvalue weighted by atomic mass is 10.0. The quantitative estimate of drug-likeness (QED) is 0.284. The van der Waals surface area contributed by atoms with Gasteiger partial charge in [-0.25, -0.2) is 14.2 Å². The van der Waals surface area contributed by atoms with Gasteiger partial charge in [0.1, 0.15) is 12.1 Å². The van der Waals surface area contributed by atoms with Crippen LogP contribution in [0.2, 0.25) is 0 Å². The van der Waals surface area contributed by atoms with Gasteiger partial charge in [-0.3, -0.25) is 9.59 Å². The number of hydrogen-bond acceptors (Lipinski definition) is 5. The van der Waals surface area contributed by atoms with Crippen LogP contribution in [-0.2, 0) is 16.0 Å². The summed E-state index contributed by atoms with van der Waals surface area (Å²) in [5, 5.41) is 21.7. The molecule has 0 aliphatic carbocycles. The van der Waals surface area contributed by atoms with Gasteiger partial charge in [0, 0.05) is 23.5 Å². The summed E-state index contributed by atoms with van der Waals surface area (Å²) in [6.07, 6.45) is 1.61. The zero-order valence-electron chi connectivity index (χ0n) is 16.7. The number of rotatable bonds is 7. The molecule has 10 nitrogen and oxygen atoms in total. The molecule has 0 spiro atoms. The maximum Gasteiger partial charge on any atom is 0.329 e. The number of carboxylic acids is 1. The van der Waals surface area contributed by atoms with Crippen LogP contribution in [0, 0.1) is 0 Å². The number of aromatic amines is 2. The van der Waals surface area contributed by atoms with Gasteiger partial charge in [-0.15, -0.1) is 0 Å². The number of amides is 1. The van der Waals surface area contributed by atoms with Crippen LogP contribution in [0.4, 0.5) is 0 Å². The number of H-pyrrole nitrogens is 2. The zero-order chi connectivity index (χ0) is 22.8. The molecule has 4 aromatic rings. The average Bonchev–Trinajstić information content (AvgIpc) is 3.19. The van der Waals surface area contributed by atoms with E-state index >= 15 is 0 Å². The van der Waals surface area contributed by atoms with E-state index in [9.17, 15) is 29.4 Å². The van der Waals surface area contributed by atoms with Crippen molar-refractivity contribution in [3.05, 3.63) is 81.1 Å². The van der Waals surface area contributed by atoms with Gasteiger partial charge in [-0.2, -0.15) is 0 Å². The highest BCUT2D eigenvalue weighted by Gasteiger charge is 2.29. The Kier molecular flexibility index (Phi) is 5.61. The van der Waals surface area contributed by atoms with E-state index in [0.717, 1.165) is 15.5 Å². The van der Waals surface area contributed by atoms with Crippen molar-refractivity contribution in [1.82, 2.24) is 19.9 Å². The van der Waals surface area contributed by atoms with Gasteiger partial charge in [0.15, 0.2) is 0 Å². The molecule has 0 unspecified atom stereocenters. The number of hydrogen-bond donors (Lipinski definition) is 5. The normalized spacial score (nSPS) is 13.2. The lowest BCUT2D eigenvalue weighted by molar-refractivity contribution is -0.143. The van der Waals surface area contributed by atoms with E-state index in [0.29, 0.717) is 11.1 Å². The number of carbonyl (C=O) groups excluding carboxylic acids is 1. The summed E-state index contributed by atoms with van der Waals surface area (Å²) in [6, 6.07) is 10.8. The van der Waals surface area contributed by atoms with E-state index in [1.165, 1.54) is 6.07 Å². The number of benzene rings is 2. The minimum atomic E-state index is -1.58. The largest absolute Gasteiger partial charge is 0.480 e. The van der Waals surface area contributed by atoms with Gasteiger partial charge in [0.05, 0.1) is 17.5 Å². The first-order valence-electron chi connectivity index (χ1n) is 9.83. The standard InChI is InChI=1S/C22H20N4O6/c27-11-17(21(30)31)24-19(28)18(9-12-10-23-15-7-3-1-5-13(12)15)26-20(29)14-6-2-4-8-16(14)25-22(26)32/h1-8,10,17-18,23,27H,9,11H2,(H,24,28)(H,25,32)(H,30,31)/t17-,18+/m0/s1. The smallest absolute Gasteiger partial charge is 0.329 e. The molecule has 0 aliphatic rings. The van der Waals surface area contributed by atoms with E-state index in [-0.39, 0.29) is 11.8 Å². The Hall–Kier alpha value is -4.18. The molecular formula is C22H20N4O6. The number of aliphatic carboxylic acids is 1. The fraction of sp³-hybridized carbons (Fsp3) is 0.182. The van der Waals surface area contributed by atoms with Gasteiger partial charge in [-0.1, -0.05) is 30.3 Å². The highest BCUT2D eigenvalue weighted by Crippen LogP contribution is 2.22. The Morgan fingerprint density at radius 1 is 1.00 bits per heavy atom. The number of aliphatic hydroxyl groups excluding tert-OH is 1. The van der Waals surface area contributed by atoms with Crippen molar-refractivity contribution in [3.8, 4) is 0 Å². The molecule has 10 heteroatoms. The van der Waals surface area contributed by atoms with E-state index in [2.05, 4.69) is 15.3 Å². The van der Waals surface area contributed by atoms with Crippen LogP contribution in [0.5, 0.6) is 0 Å². The highest BCUT2D eigenvalue weighted by molar-refractivity contribution is 5.88. The fourth-order valence-electron chi connectivity index (χ4n) is 3.72. The van der Waals surface area contributed by atoms with Gasteiger partial charge in [0.2, 0.25) is 5.91 Å². The summed E-state index contributed by atoms with van der Waals surface area (Å²) in [6.45, 7) is -0.843. The molecule has 0 bridgehead atoms. The van der Waals surface area contributed by atoms with Crippen LogP contribution in [0.25, 0.3) is 21.8 Å². The van der Waals surface area contributed by atoms with Crippen LogP contribution >= 0.6 is 0 Å². The number of fused-ring (bicyclic) bond motifs is 2. The third kappa shape index (κ3) is 3.79. The zero-order valence-corrected chi connectivity index (χ0v) is 16.7. The predicted molar refractivity (Wildman–Crippen MR) is 117 cm³/mol. The lowest BCUT2D eigenvalue weighted by Gasteiger charge is -2.21. The van der Waals surface area contributed by atoms with Crippen molar-refractivity contribution in [2.24, 2.45) is 0 Å². The number of nitrogens with one attached hydrogen (secondary N) is 3. The minimum absolute atomic E-state index is 0.0606. The third-order valence-corrected chi connectivity index (χ3v) is 5.34. The molecular weight excluding hydrogens is 416 g/mol. The van der Waals surface area contributed by atoms with Gasteiger partial charge >= 0.3 is 11.7 Å². The Labute approximate surface area is 180 Å². The van der Waals surface area contributed by atoms with Crippen molar-refractivity contribution >= 4 is 33.7 Å². The molecule has 164 valence electrons. The lowest BCUT2D eigenvalue weighted by Crippen LogP contribution is -2.50. The first-order chi connectivity index (χ1) is 15.4. The topological polar surface area (TPSA) is 157 Å². The molecule has 2 heterocycles. The molecule has 4 rings (SSSR count). The van der Waals surface area contributed by atoms with Crippen molar-refractivity contribution < 1.29 is 19.8 Å². The van der Waals surface area contributed by atoms with Gasteiger partial charge in [0.25, 0.3) is 5.56 Å². The Balaban J connectivity index is 1.85. The molecule has 2 aromatic heterocycles. The molecule has 1 amide bonds. The molecule has 2 aromatic carbocycles. The summed E-state index contributed by atoms with van der Waals surface area (Å²) in [5.74, 6) is -2.31. The SMILES string of the molecule is O=C(O)[C@H](CO)NC(=O)[C@@H](Cc1c[nH]c2ccccc12)n1c(=O)[nH]c2ccccc2c1=O. The number of aliphatic hydroxyl groups is 1. The molecule has 0 saturated heterocycles. The van der Waals surface area contributed by atoms with E-state index in [4.69, 9.17) is 0 Å². The van der Waals surface area contributed by atoms with Crippen LogP contribution in [0.3, 0.4) is 0 Å². The summed E-state index contributed by atoms with van der Waals surface area (Å²) in [5.41, 5.74) is 0.310. The first-order valence-corrected chi connectivity index (χ1v) is 9.83. The molecule has 0 saturated carbocycles. The average molecular weight is 436 g/mol. The number of nitrogens with zero attached hydrogens (tertiary/aromatic N) is 1. The molecule has 32 heavy (non-hydrogen) atoms. The number of aromatic nitrogens is 3. The summed E-state index contributed by atoms with van der Waals surface area (Å²) >= 11 is 0. The van der Waals surface area contributed by atoms with Crippen molar-refractivity contribution in [2.75, 3.05) is 6.61 Å².